The number of hydrogen-bond donors (Lipinski definition) is 0. The summed E-state index contributed by atoms with van der Waals surface area (Å²) in [6.45, 7) is 9.06. The molecule has 0 unspecified atom stereocenters. The topological polar surface area (TPSA) is 60.9 Å². The molecular weight excluding hydrogens is 367 g/mol. The van der Waals surface area contributed by atoms with Crippen molar-refractivity contribution >= 4 is 18.6 Å². The van der Waals surface area contributed by atoms with Crippen LogP contribution in [0.25, 0.3) is 11.1 Å². The molecule has 0 bridgehead atoms. The van der Waals surface area contributed by atoms with Crippen molar-refractivity contribution in [2.45, 2.75) is 45.4 Å². The van der Waals surface area contributed by atoms with Crippen LogP contribution in [0.5, 0.6) is 0 Å². The lowest BCUT2D eigenvalue weighted by Crippen LogP contribution is -2.41. The van der Waals surface area contributed by atoms with Crippen LogP contribution in [0.1, 0.15) is 33.3 Å². The van der Waals surface area contributed by atoms with Gasteiger partial charge in [0.05, 0.1) is 24.9 Å². The zero-order valence-corrected chi connectivity index (χ0v) is 18.1. The Labute approximate surface area is 173 Å². The number of ether oxygens (including phenoxy) is 1. The lowest BCUT2D eigenvalue weighted by molar-refractivity contribution is -0.141. The summed E-state index contributed by atoms with van der Waals surface area (Å²) >= 11 is 0. The Balaban J connectivity index is 1.78. The Morgan fingerprint density at radius 2 is 1.79 bits per heavy atom. The second kappa shape index (κ2) is 8.26. The standard InChI is InChI=1S/C22H29BN2O4/c1-21(2)22(3,4)29-23(28-21)19-11-18(12-24-13-19)17-9-7-8-16(10-17)14-25(5)15-20(26)27-6/h7-13H,14-15H2,1-6H3. The van der Waals surface area contributed by atoms with Gasteiger partial charge in [0, 0.05) is 24.4 Å². The molecule has 154 valence electrons. The average Bonchev–Trinajstić information content (AvgIpc) is 2.89. The maximum Gasteiger partial charge on any atom is 0.496 e. The minimum absolute atomic E-state index is 0.247. The fourth-order valence-electron chi connectivity index (χ4n) is 3.23. The fourth-order valence-corrected chi connectivity index (χ4v) is 3.23. The monoisotopic (exact) mass is 396 g/mol. The highest BCUT2D eigenvalue weighted by Crippen LogP contribution is 2.36. The van der Waals surface area contributed by atoms with Crippen LogP contribution in [0.3, 0.4) is 0 Å². The first-order chi connectivity index (χ1) is 13.6. The number of hydrogen-bond acceptors (Lipinski definition) is 6. The quantitative estimate of drug-likeness (QED) is 0.553. The van der Waals surface area contributed by atoms with Crippen LogP contribution in [0.2, 0.25) is 0 Å². The minimum atomic E-state index is -0.443. The molecule has 7 heteroatoms. The highest BCUT2D eigenvalue weighted by molar-refractivity contribution is 6.62. The van der Waals surface area contributed by atoms with Crippen molar-refractivity contribution in [3.8, 4) is 11.1 Å². The van der Waals surface area contributed by atoms with Gasteiger partial charge < -0.3 is 14.0 Å². The summed E-state index contributed by atoms with van der Waals surface area (Å²) in [6, 6.07) is 10.3. The third-order valence-corrected chi connectivity index (χ3v) is 5.62. The Kier molecular flexibility index (Phi) is 6.12. The van der Waals surface area contributed by atoms with Crippen molar-refractivity contribution < 1.29 is 18.8 Å². The SMILES string of the molecule is COC(=O)CN(C)Cc1cccc(-c2cncc(B3OC(C)(C)C(C)(C)O3)c2)c1. The number of pyridine rings is 1. The number of nitrogens with zero attached hydrogens (tertiary/aromatic N) is 2. The average molecular weight is 396 g/mol. The van der Waals surface area contributed by atoms with Crippen LogP contribution in [-0.2, 0) is 25.4 Å². The number of carbonyl (C=O) groups excluding carboxylic acids is 1. The highest BCUT2D eigenvalue weighted by Gasteiger charge is 2.51. The van der Waals surface area contributed by atoms with Gasteiger partial charge in [-0.05, 0) is 57.5 Å². The van der Waals surface area contributed by atoms with Crippen LogP contribution < -0.4 is 5.46 Å². The van der Waals surface area contributed by atoms with Crippen molar-refractivity contribution in [2.75, 3.05) is 20.7 Å². The highest BCUT2D eigenvalue weighted by atomic mass is 16.7. The van der Waals surface area contributed by atoms with E-state index in [0.29, 0.717) is 6.54 Å². The van der Waals surface area contributed by atoms with Crippen molar-refractivity contribution in [1.29, 1.82) is 0 Å². The van der Waals surface area contributed by atoms with Gasteiger partial charge in [-0.15, -0.1) is 0 Å². The molecule has 1 fully saturated rings. The van der Waals surface area contributed by atoms with E-state index in [0.717, 1.165) is 22.2 Å². The molecule has 29 heavy (non-hydrogen) atoms. The van der Waals surface area contributed by atoms with E-state index in [1.54, 1.807) is 6.20 Å². The first-order valence-electron chi connectivity index (χ1n) is 9.76. The molecule has 6 nitrogen and oxygen atoms in total. The Morgan fingerprint density at radius 3 is 2.45 bits per heavy atom. The zero-order valence-electron chi connectivity index (χ0n) is 18.1. The number of likely N-dealkylation sites (N-methyl/N-ethyl adjacent to an activating group) is 1. The van der Waals surface area contributed by atoms with Crippen molar-refractivity contribution in [2.24, 2.45) is 0 Å². The summed E-state index contributed by atoms with van der Waals surface area (Å²) in [5, 5.41) is 0. The zero-order chi connectivity index (χ0) is 21.2. The van der Waals surface area contributed by atoms with Crippen LogP contribution in [-0.4, -0.2) is 54.9 Å². The van der Waals surface area contributed by atoms with E-state index in [4.69, 9.17) is 14.0 Å². The summed E-state index contributed by atoms with van der Waals surface area (Å²) in [5.41, 5.74) is 3.27. The second-order valence-electron chi connectivity index (χ2n) is 8.54. The molecule has 0 atom stereocenters. The third-order valence-electron chi connectivity index (χ3n) is 5.62. The number of rotatable bonds is 6. The van der Waals surface area contributed by atoms with Gasteiger partial charge in [-0.3, -0.25) is 14.7 Å². The van der Waals surface area contributed by atoms with Gasteiger partial charge in [0.1, 0.15) is 0 Å². The lowest BCUT2D eigenvalue weighted by atomic mass is 9.79. The van der Waals surface area contributed by atoms with Gasteiger partial charge in [-0.2, -0.15) is 0 Å². The fraction of sp³-hybridized carbons (Fsp3) is 0.455. The van der Waals surface area contributed by atoms with E-state index in [1.165, 1.54) is 7.11 Å². The Bertz CT molecular complexity index is 869. The predicted molar refractivity (Wildman–Crippen MR) is 114 cm³/mol. The van der Waals surface area contributed by atoms with Gasteiger partial charge in [-0.1, -0.05) is 24.3 Å². The molecular formula is C22H29BN2O4. The van der Waals surface area contributed by atoms with E-state index in [1.807, 2.05) is 58.0 Å². The van der Waals surface area contributed by atoms with Crippen LogP contribution in [0.15, 0.2) is 42.7 Å². The van der Waals surface area contributed by atoms with Crippen molar-refractivity contribution in [3.05, 3.63) is 48.3 Å². The summed E-state index contributed by atoms with van der Waals surface area (Å²) in [6.07, 6.45) is 3.63. The molecule has 0 N–H and O–H groups in total. The predicted octanol–water partition coefficient (Wildman–Crippen LogP) is 2.65. The molecule has 0 aliphatic carbocycles. The molecule has 0 spiro atoms. The lowest BCUT2D eigenvalue weighted by Gasteiger charge is -2.32. The summed E-state index contributed by atoms with van der Waals surface area (Å²) < 4.78 is 17.0. The molecule has 0 saturated carbocycles. The minimum Gasteiger partial charge on any atom is -0.468 e. The van der Waals surface area contributed by atoms with E-state index in [-0.39, 0.29) is 12.5 Å². The molecule has 1 saturated heterocycles. The number of aromatic nitrogens is 1. The normalized spacial score (nSPS) is 17.6. The van der Waals surface area contributed by atoms with E-state index in [9.17, 15) is 4.79 Å². The van der Waals surface area contributed by atoms with Gasteiger partial charge in [0.2, 0.25) is 0 Å². The van der Waals surface area contributed by atoms with Crippen LogP contribution >= 0.6 is 0 Å². The molecule has 2 aromatic rings. The Hall–Kier alpha value is -2.22. The van der Waals surface area contributed by atoms with Crippen LogP contribution in [0.4, 0.5) is 0 Å². The van der Waals surface area contributed by atoms with E-state index >= 15 is 0 Å². The number of esters is 1. The summed E-state index contributed by atoms with van der Waals surface area (Å²) in [7, 11) is 2.85. The van der Waals surface area contributed by atoms with Crippen molar-refractivity contribution in [1.82, 2.24) is 9.88 Å². The molecule has 2 heterocycles. The van der Waals surface area contributed by atoms with Gasteiger partial charge in [0.25, 0.3) is 0 Å². The molecule has 1 aliphatic heterocycles. The van der Waals surface area contributed by atoms with E-state index in [2.05, 4.69) is 23.2 Å². The van der Waals surface area contributed by atoms with Crippen LogP contribution in [0, 0.1) is 0 Å². The summed E-state index contributed by atoms with van der Waals surface area (Å²) in [5.74, 6) is -0.247. The molecule has 1 aliphatic rings. The molecule has 3 rings (SSSR count). The van der Waals surface area contributed by atoms with Crippen molar-refractivity contribution in [3.63, 3.8) is 0 Å². The smallest absolute Gasteiger partial charge is 0.468 e. The Morgan fingerprint density at radius 1 is 1.10 bits per heavy atom. The maximum atomic E-state index is 11.5. The van der Waals surface area contributed by atoms with Gasteiger partial charge in [0.15, 0.2) is 0 Å². The molecule has 0 amide bonds. The van der Waals surface area contributed by atoms with Gasteiger partial charge in [-0.25, -0.2) is 0 Å². The number of carbonyl (C=O) groups is 1. The van der Waals surface area contributed by atoms with E-state index < -0.39 is 18.3 Å². The number of methoxy groups -OCH3 is 1. The molecule has 1 aromatic heterocycles. The maximum absolute atomic E-state index is 11.5. The van der Waals surface area contributed by atoms with Gasteiger partial charge >= 0.3 is 13.1 Å². The second-order valence-corrected chi connectivity index (χ2v) is 8.54. The number of benzene rings is 1. The molecule has 1 aromatic carbocycles. The first-order valence-corrected chi connectivity index (χ1v) is 9.76. The first kappa shape index (κ1) is 21.5. The third kappa shape index (κ3) is 4.86. The molecule has 0 radical (unpaired) electrons. The largest absolute Gasteiger partial charge is 0.496 e. The summed E-state index contributed by atoms with van der Waals surface area (Å²) in [4.78, 5) is 17.8.